The Kier molecular flexibility index (Phi) is 6.63. The van der Waals surface area contributed by atoms with Gasteiger partial charge in [0.1, 0.15) is 11.8 Å². The third kappa shape index (κ3) is 4.55. The van der Waals surface area contributed by atoms with Crippen molar-refractivity contribution in [2.75, 3.05) is 37.6 Å². The second kappa shape index (κ2) is 9.77. The maximum atomic E-state index is 13.2. The lowest BCUT2D eigenvalue weighted by Gasteiger charge is -2.23. The maximum Gasteiger partial charge on any atom is 0.259 e. The molecular weight excluding hydrogens is 438 g/mol. The lowest BCUT2D eigenvalue weighted by molar-refractivity contribution is 0.0972. The van der Waals surface area contributed by atoms with Gasteiger partial charge in [0, 0.05) is 29.1 Å². The molecule has 4 rings (SSSR count). The van der Waals surface area contributed by atoms with Gasteiger partial charge in [-0.25, -0.2) is 0 Å². The molecule has 0 atom stereocenters. The normalized spacial score (nSPS) is 12.3. The third-order valence-corrected chi connectivity index (χ3v) is 6.32. The summed E-state index contributed by atoms with van der Waals surface area (Å²) in [6.07, 6.45) is 0. The molecule has 3 aromatic carbocycles. The minimum Gasteiger partial charge on any atom is -0.497 e. The van der Waals surface area contributed by atoms with Crippen molar-refractivity contribution in [1.82, 2.24) is 0 Å². The van der Waals surface area contributed by atoms with E-state index in [2.05, 4.69) is 5.32 Å². The van der Waals surface area contributed by atoms with Crippen LogP contribution in [0.3, 0.4) is 0 Å². The fourth-order valence-electron chi connectivity index (χ4n) is 3.55. The first-order valence-corrected chi connectivity index (χ1v) is 11.0. The highest BCUT2D eigenvalue weighted by atomic mass is 32.2. The van der Waals surface area contributed by atoms with Crippen LogP contribution in [-0.2, 0) is 4.74 Å². The quantitative estimate of drug-likeness (QED) is 0.580. The van der Waals surface area contributed by atoms with E-state index < -0.39 is 5.91 Å². The zero-order valence-electron chi connectivity index (χ0n) is 18.1. The van der Waals surface area contributed by atoms with Crippen molar-refractivity contribution in [3.05, 3.63) is 77.4 Å². The number of nitriles is 1. The molecule has 2 amide bonds. The number of fused-ring (bicyclic) bond motifs is 2. The number of hydrogen-bond donors (Lipinski definition) is 1. The van der Waals surface area contributed by atoms with Gasteiger partial charge in [-0.3, -0.25) is 9.59 Å². The van der Waals surface area contributed by atoms with Crippen molar-refractivity contribution >= 4 is 35.0 Å². The molecule has 0 unspecified atom stereocenters. The molecule has 8 heteroatoms. The monoisotopic (exact) mass is 459 g/mol. The van der Waals surface area contributed by atoms with Crippen molar-refractivity contribution in [2.45, 2.75) is 9.79 Å². The molecule has 0 radical (unpaired) electrons. The van der Waals surface area contributed by atoms with Crippen LogP contribution in [0.15, 0.2) is 70.5 Å². The van der Waals surface area contributed by atoms with E-state index in [9.17, 15) is 14.9 Å². The van der Waals surface area contributed by atoms with E-state index in [1.54, 1.807) is 30.2 Å². The smallest absolute Gasteiger partial charge is 0.259 e. The summed E-state index contributed by atoms with van der Waals surface area (Å²) in [6, 6.07) is 19.6. The van der Waals surface area contributed by atoms with E-state index in [0.717, 1.165) is 15.5 Å². The predicted molar refractivity (Wildman–Crippen MR) is 126 cm³/mol. The largest absolute Gasteiger partial charge is 0.497 e. The van der Waals surface area contributed by atoms with Gasteiger partial charge in [-0.2, -0.15) is 5.26 Å². The number of anilines is 2. The lowest BCUT2D eigenvalue weighted by Crippen LogP contribution is -2.33. The topological polar surface area (TPSA) is 91.7 Å². The number of amides is 2. The Morgan fingerprint density at radius 2 is 1.91 bits per heavy atom. The first kappa shape index (κ1) is 22.4. The van der Waals surface area contributed by atoms with Crippen molar-refractivity contribution < 1.29 is 19.1 Å². The summed E-state index contributed by atoms with van der Waals surface area (Å²) in [7, 11) is 3.10. The number of nitrogens with zero attached hydrogens (tertiary/aromatic N) is 2. The van der Waals surface area contributed by atoms with Gasteiger partial charge in [-0.1, -0.05) is 23.9 Å². The van der Waals surface area contributed by atoms with E-state index >= 15 is 0 Å². The van der Waals surface area contributed by atoms with Gasteiger partial charge in [-0.15, -0.1) is 0 Å². The molecule has 1 aliphatic heterocycles. The van der Waals surface area contributed by atoms with E-state index in [-0.39, 0.29) is 17.0 Å². The number of ether oxygens (including phenoxy) is 2. The van der Waals surface area contributed by atoms with Crippen molar-refractivity contribution in [3.8, 4) is 11.8 Å². The van der Waals surface area contributed by atoms with Gasteiger partial charge >= 0.3 is 0 Å². The second-order valence-corrected chi connectivity index (χ2v) is 8.29. The number of nitrogens with one attached hydrogen (secondary N) is 1. The molecule has 1 N–H and O–H groups in total. The SMILES string of the molecule is COCCN1C(=O)c2ccccc2Sc2cc(NC(=O)c3ccc(OC)cc3C#N)ccc21. The van der Waals surface area contributed by atoms with Crippen LogP contribution >= 0.6 is 11.8 Å². The summed E-state index contributed by atoms with van der Waals surface area (Å²) in [6.45, 7) is 0.797. The molecule has 166 valence electrons. The van der Waals surface area contributed by atoms with Gasteiger partial charge in [0.2, 0.25) is 0 Å². The minimum absolute atomic E-state index is 0.0948. The summed E-state index contributed by atoms with van der Waals surface area (Å²) < 4.78 is 10.3. The molecule has 0 aliphatic carbocycles. The van der Waals surface area contributed by atoms with Crippen LogP contribution in [0.1, 0.15) is 26.3 Å². The first-order valence-electron chi connectivity index (χ1n) is 10.2. The Balaban J connectivity index is 1.68. The molecule has 1 aliphatic rings. The van der Waals surface area contributed by atoms with E-state index in [1.807, 2.05) is 42.5 Å². The number of rotatable bonds is 6. The average molecular weight is 460 g/mol. The Bertz CT molecular complexity index is 1270. The number of benzene rings is 3. The zero-order chi connectivity index (χ0) is 23.4. The highest BCUT2D eigenvalue weighted by Gasteiger charge is 2.27. The van der Waals surface area contributed by atoms with Crippen LogP contribution in [-0.4, -0.2) is 39.2 Å². The molecule has 0 fully saturated rings. The van der Waals surface area contributed by atoms with Crippen LogP contribution in [0.5, 0.6) is 5.75 Å². The van der Waals surface area contributed by atoms with Crippen LogP contribution in [0.4, 0.5) is 11.4 Å². The Labute approximate surface area is 195 Å². The molecule has 1 heterocycles. The Morgan fingerprint density at radius 3 is 2.67 bits per heavy atom. The highest BCUT2D eigenvalue weighted by Crippen LogP contribution is 2.42. The van der Waals surface area contributed by atoms with E-state index in [1.165, 1.54) is 24.9 Å². The zero-order valence-corrected chi connectivity index (χ0v) is 18.9. The fraction of sp³-hybridized carbons (Fsp3) is 0.160. The average Bonchev–Trinajstić information content (AvgIpc) is 2.95. The molecule has 0 aromatic heterocycles. The van der Waals surface area contributed by atoms with Gasteiger partial charge in [0.25, 0.3) is 11.8 Å². The number of carbonyl (C=O) groups excluding carboxylic acids is 2. The van der Waals surface area contributed by atoms with Gasteiger partial charge in [0.05, 0.1) is 36.1 Å². The van der Waals surface area contributed by atoms with Crippen molar-refractivity contribution in [1.29, 1.82) is 5.26 Å². The van der Waals surface area contributed by atoms with Gasteiger partial charge in [0.15, 0.2) is 0 Å². The minimum atomic E-state index is -0.402. The van der Waals surface area contributed by atoms with Crippen LogP contribution in [0, 0.1) is 11.3 Å². The molecule has 0 saturated carbocycles. The first-order chi connectivity index (χ1) is 16.0. The standard InChI is InChI=1S/C25H21N3O4S/c1-31-12-11-28-21-10-7-17(14-23(21)33-22-6-4-3-5-20(22)25(28)30)27-24(29)19-9-8-18(32-2)13-16(19)15-26/h3-10,13-14H,11-12H2,1-2H3,(H,27,29). The summed E-state index contributed by atoms with van der Waals surface area (Å²) in [4.78, 5) is 29.5. The molecule has 0 spiro atoms. The predicted octanol–water partition coefficient (Wildman–Crippen LogP) is 4.58. The summed E-state index contributed by atoms with van der Waals surface area (Å²) >= 11 is 1.47. The second-order valence-electron chi connectivity index (χ2n) is 7.21. The number of hydrogen-bond acceptors (Lipinski definition) is 6. The van der Waals surface area contributed by atoms with Gasteiger partial charge < -0.3 is 19.7 Å². The molecule has 7 nitrogen and oxygen atoms in total. The molecular formula is C25H21N3O4S. The van der Waals surface area contributed by atoms with Crippen molar-refractivity contribution in [3.63, 3.8) is 0 Å². The van der Waals surface area contributed by atoms with Gasteiger partial charge in [-0.05, 0) is 48.5 Å². The Morgan fingerprint density at radius 1 is 1.09 bits per heavy atom. The lowest BCUT2D eigenvalue weighted by atomic mass is 10.1. The van der Waals surface area contributed by atoms with E-state index in [4.69, 9.17) is 9.47 Å². The van der Waals surface area contributed by atoms with E-state index in [0.29, 0.717) is 30.2 Å². The summed E-state index contributed by atoms with van der Waals surface area (Å²) in [5, 5.41) is 12.3. The fourth-order valence-corrected chi connectivity index (χ4v) is 4.66. The van der Waals surface area contributed by atoms with Crippen LogP contribution in [0.2, 0.25) is 0 Å². The molecule has 0 saturated heterocycles. The van der Waals surface area contributed by atoms with Crippen LogP contribution < -0.4 is 15.0 Å². The maximum absolute atomic E-state index is 13.2. The molecule has 0 bridgehead atoms. The number of methoxy groups -OCH3 is 2. The highest BCUT2D eigenvalue weighted by molar-refractivity contribution is 7.99. The summed E-state index contributed by atoms with van der Waals surface area (Å²) in [5.41, 5.74) is 2.41. The van der Waals surface area contributed by atoms with Crippen molar-refractivity contribution in [2.24, 2.45) is 0 Å². The van der Waals surface area contributed by atoms with Crippen LogP contribution in [0.25, 0.3) is 0 Å². The molecule has 33 heavy (non-hydrogen) atoms. The number of carbonyl (C=O) groups is 2. The Hall–Kier alpha value is -3.80. The third-order valence-electron chi connectivity index (χ3n) is 5.20. The summed E-state index contributed by atoms with van der Waals surface area (Å²) in [5.74, 6) is 0.00656. The molecule has 3 aromatic rings.